The van der Waals surface area contributed by atoms with E-state index in [1.165, 1.54) is 12.4 Å². The largest absolute Gasteiger partial charge is 0.507 e. The molecule has 6 aromatic rings. The topological polar surface area (TPSA) is 170 Å². The minimum absolute atomic E-state index is 0.0890. The van der Waals surface area contributed by atoms with Crippen molar-refractivity contribution >= 4 is 34.0 Å². The molecule has 0 aliphatic rings. The molecule has 0 saturated heterocycles. The van der Waals surface area contributed by atoms with Crippen LogP contribution >= 0.6 is 0 Å². The fourth-order valence-electron chi connectivity index (χ4n) is 7.31. The van der Waals surface area contributed by atoms with Crippen molar-refractivity contribution in [3.8, 4) is 45.6 Å². The van der Waals surface area contributed by atoms with Gasteiger partial charge in [0.25, 0.3) is 0 Å². The summed E-state index contributed by atoms with van der Waals surface area (Å²) in [5, 5.41) is 80.1. The van der Waals surface area contributed by atoms with Gasteiger partial charge in [-0.3, -0.25) is 0 Å². The lowest BCUT2D eigenvalue weighted by Crippen LogP contribution is -2.06. The summed E-state index contributed by atoms with van der Waals surface area (Å²) in [6, 6.07) is 22.9. The number of phenolic OH excluding ortho intramolecular Hbond substituents is 6. The average molecular weight is 727 g/mol. The molecule has 8 N–H and O–H groups in total. The number of benzene rings is 6. The van der Waals surface area contributed by atoms with Gasteiger partial charge < -0.3 is 41.5 Å². The van der Waals surface area contributed by atoms with E-state index in [1.54, 1.807) is 13.8 Å². The SMILES string of the molecule is Cc1cc2c(C(C)C)c(O)c(O)c(/C=N\NCc3ccccc3)c2c(O)c1-c1c(C)cc2c(C(C)C)c(O)c(O)c(/C=N\NCc3ccccc3)c2c1O. The van der Waals surface area contributed by atoms with Gasteiger partial charge in [0.15, 0.2) is 23.0 Å². The van der Waals surface area contributed by atoms with Crippen LogP contribution in [0.2, 0.25) is 0 Å². The first-order valence-corrected chi connectivity index (χ1v) is 17.9. The Bertz CT molecular complexity index is 2250. The number of aryl methyl sites for hydroxylation is 2. The van der Waals surface area contributed by atoms with E-state index in [-0.39, 0.29) is 67.9 Å². The third-order valence-electron chi connectivity index (χ3n) is 9.81. The highest BCUT2D eigenvalue weighted by atomic mass is 16.3. The molecule has 278 valence electrons. The van der Waals surface area contributed by atoms with Crippen molar-refractivity contribution in [3.05, 3.63) is 117 Å². The summed E-state index contributed by atoms with van der Waals surface area (Å²) < 4.78 is 0. The number of rotatable bonds is 11. The van der Waals surface area contributed by atoms with Crippen LogP contribution in [-0.4, -0.2) is 43.1 Å². The lowest BCUT2D eigenvalue weighted by atomic mass is 9.83. The van der Waals surface area contributed by atoms with Gasteiger partial charge in [0.1, 0.15) is 11.5 Å². The third kappa shape index (κ3) is 6.78. The van der Waals surface area contributed by atoms with Gasteiger partial charge in [-0.05, 0) is 58.7 Å². The van der Waals surface area contributed by atoms with Crippen molar-refractivity contribution in [1.29, 1.82) is 0 Å². The maximum Gasteiger partial charge on any atom is 0.167 e. The molecule has 10 heteroatoms. The minimum atomic E-state index is -0.440. The Morgan fingerprint density at radius 1 is 0.519 bits per heavy atom. The second-order valence-electron chi connectivity index (χ2n) is 14.2. The van der Waals surface area contributed by atoms with Crippen LogP contribution in [0.5, 0.6) is 34.5 Å². The molecule has 0 amide bonds. The number of hydrazone groups is 2. The highest BCUT2D eigenvalue weighted by Crippen LogP contribution is 2.54. The third-order valence-corrected chi connectivity index (χ3v) is 9.81. The number of hydrogen-bond donors (Lipinski definition) is 8. The lowest BCUT2D eigenvalue weighted by Gasteiger charge is -2.23. The quantitative estimate of drug-likeness (QED) is 0.0372. The molecule has 0 saturated carbocycles. The molecule has 0 atom stereocenters. The van der Waals surface area contributed by atoms with Crippen molar-refractivity contribution in [2.45, 2.75) is 66.5 Å². The van der Waals surface area contributed by atoms with Gasteiger partial charge in [0.05, 0.1) is 36.6 Å². The van der Waals surface area contributed by atoms with Gasteiger partial charge in [-0.25, -0.2) is 0 Å². The van der Waals surface area contributed by atoms with E-state index < -0.39 is 11.5 Å². The molecule has 0 unspecified atom stereocenters. The van der Waals surface area contributed by atoms with Crippen molar-refractivity contribution in [3.63, 3.8) is 0 Å². The molecule has 0 heterocycles. The molecule has 0 aliphatic heterocycles. The Labute approximate surface area is 314 Å². The van der Waals surface area contributed by atoms with Crippen LogP contribution in [-0.2, 0) is 13.1 Å². The molecule has 0 fully saturated rings. The van der Waals surface area contributed by atoms with Crippen LogP contribution in [0.25, 0.3) is 32.7 Å². The minimum Gasteiger partial charge on any atom is -0.507 e. The average Bonchev–Trinajstić information content (AvgIpc) is 3.13. The predicted octanol–water partition coefficient (Wildman–Crippen LogP) is 9.00. The monoisotopic (exact) mass is 726 g/mol. The predicted molar refractivity (Wildman–Crippen MR) is 216 cm³/mol. The van der Waals surface area contributed by atoms with E-state index >= 15 is 0 Å². The molecule has 10 nitrogen and oxygen atoms in total. The van der Waals surface area contributed by atoms with Crippen LogP contribution in [0.4, 0.5) is 0 Å². The van der Waals surface area contributed by atoms with Crippen LogP contribution in [0.3, 0.4) is 0 Å². The first-order chi connectivity index (χ1) is 25.8. The zero-order chi connectivity index (χ0) is 38.8. The fourth-order valence-corrected chi connectivity index (χ4v) is 7.31. The first kappa shape index (κ1) is 37.3. The molecular formula is C44H46N4O6. The van der Waals surface area contributed by atoms with Crippen LogP contribution in [0, 0.1) is 13.8 Å². The van der Waals surface area contributed by atoms with E-state index in [2.05, 4.69) is 21.1 Å². The van der Waals surface area contributed by atoms with Crippen LogP contribution in [0.1, 0.15) is 84.0 Å². The molecule has 6 aromatic carbocycles. The standard InChI is InChI=1S/C44H46N4O6/c1-23(2)33-29-17-25(5)35(41(51)37(29)31(39(49)43(33)53)21-47-45-19-27-13-9-7-10-14-27)36-26(6)18-30-34(24(3)4)44(54)40(50)32(38(30)42(36)52)22-48-46-20-28-15-11-8-12-16-28/h7-18,21-24,45-46,49-54H,19-20H2,1-6H3/b47-21-,48-22-. The first-order valence-electron chi connectivity index (χ1n) is 17.9. The number of fused-ring (bicyclic) bond motifs is 2. The van der Waals surface area contributed by atoms with Gasteiger partial charge in [-0.2, -0.15) is 10.2 Å². The number of aromatic hydroxyl groups is 6. The van der Waals surface area contributed by atoms with Gasteiger partial charge in [0.2, 0.25) is 0 Å². The van der Waals surface area contributed by atoms with Gasteiger partial charge in [-0.1, -0.05) is 100 Å². The number of nitrogens with zero attached hydrogens (tertiary/aromatic N) is 2. The summed E-state index contributed by atoms with van der Waals surface area (Å²) in [5.74, 6) is -2.44. The fraction of sp³-hybridized carbons (Fsp3) is 0.227. The highest BCUT2D eigenvalue weighted by molar-refractivity contribution is 6.15. The second-order valence-corrected chi connectivity index (χ2v) is 14.2. The Morgan fingerprint density at radius 3 is 1.20 bits per heavy atom. The molecule has 0 spiro atoms. The Hall–Kier alpha value is -6.42. The number of phenols is 6. The van der Waals surface area contributed by atoms with Crippen LogP contribution in [0.15, 0.2) is 83.0 Å². The molecule has 0 aliphatic carbocycles. The maximum absolute atomic E-state index is 12.3. The van der Waals surface area contributed by atoms with E-state index in [0.29, 0.717) is 46.1 Å². The Kier molecular flexibility index (Phi) is 10.6. The molecule has 6 rings (SSSR count). The normalized spacial score (nSPS) is 11.9. The summed E-state index contributed by atoms with van der Waals surface area (Å²) in [6.07, 6.45) is 2.73. The smallest absolute Gasteiger partial charge is 0.167 e. The van der Waals surface area contributed by atoms with E-state index in [9.17, 15) is 30.6 Å². The Morgan fingerprint density at radius 2 is 0.870 bits per heavy atom. The molecule has 0 bridgehead atoms. The van der Waals surface area contributed by atoms with Gasteiger partial charge in [0, 0.05) is 33.0 Å². The van der Waals surface area contributed by atoms with Gasteiger partial charge in [-0.15, -0.1) is 0 Å². The highest BCUT2D eigenvalue weighted by Gasteiger charge is 2.29. The molecular weight excluding hydrogens is 681 g/mol. The maximum atomic E-state index is 12.3. The molecule has 0 radical (unpaired) electrons. The van der Waals surface area contributed by atoms with Crippen molar-refractivity contribution in [1.82, 2.24) is 10.9 Å². The van der Waals surface area contributed by atoms with Crippen LogP contribution < -0.4 is 10.9 Å². The summed E-state index contributed by atoms with van der Waals surface area (Å²) in [7, 11) is 0. The van der Waals surface area contributed by atoms with Gasteiger partial charge >= 0.3 is 0 Å². The Balaban J connectivity index is 1.59. The summed E-state index contributed by atoms with van der Waals surface area (Å²) in [5.41, 5.74) is 10.7. The number of nitrogens with one attached hydrogen (secondary N) is 2. The second kappa shape index (κ2) is 15.3. The lowest BCUT2D eigenvalue weighted by molar-refractivity contribution is 0.398. The zero-order valence-corrected chi connectivity index (χ0v) is 31.2. The molecule has 0 aromatic heterocycles. The summed E-state index contributed by atoms with van der Waals surface area (Å²) in [6.45, 7) is 11.9. The van der Waals surface area contributed by atoms with E-state index in [1.807, 2.05) is 100 Å². The van der Waals surface area contributed by atoms with Crippen molar-refractivity contribution in [2.24, 2.45) is 10.2 Å². The summed E-state index contributed by atoms with van der Waals surface area (Å²) in [4.78, 5) is 0. The number of hydrogen-bond acceptors (Lipinski definition) is 10. The summed E-state index contributed by atoms with van der Waals surface area (Å²) >= 11 is 0. The van der Waals surface area contributed by atoms with Crippen molar-refractivity contribution < 1.29 is 30.6 Å². The molecule has 54 heavy (non-hydrogen) atoms. The van der Waals surface area contributed by atoms with E-state index in [0.717, 1.165) is 11.1 Å². The van der Waals surface area contributed by atoms with E-state index in [4.69, 9.17) is 0 Å². The van der Waals surface area contributed by atoms with Crippen molar-refractivity contribution in [2.75, 3.05) is 0 Å². The zero-order valence-electron chi connectivity index (χ0n) is 31.2.